The average Bonchev–Trinajstić information content (AvgIpc) is 3.19. The number of nitrogens with one attached hydrogen (secondary N) is 1. The van der Waals surface area contributed by atoms with Gasteiger partial charge in [0.25, 0.3) is 0 Å². The molecule has 126 valence electrons. The first-order chi connectivity index (χ1) is 12.1. The third-order valence-electron chi connectivity index (χ3n) is 3.50. The Kier molecular flexibility index (Phi) is 5.26. The number of hydrogen-bond donors (Lipinski definition) is 1. The van der Waals surface area contributed by atoms with Crippen LogP contribution in [0.3, 0.4) is 0 Å². The number of ketones is 1. The lowest BCUT2D eigenvalue weighted by atomic mass is 10.1. The predicted octanol–water partition coefficient (Wildman–Crippen LogP) is 3.42. The summed E-state index contributed by atoms with van der Waals surface area (Å²) in [5, 5.41) is 26.5. The fourth-order valence-electron chi connectivity index (χ4n) is 2.27. The fourth-order valence-corrected chi connectivity index (χ4v) is 4.22. The first-order valence-electron chi connectivity index (χ1n) is 7.56. The first-order valence-corrected chi connectivity index (χ1v) is 9.20. The Bertz CT molecular complexity index is 881. The van der Waals surface area contributed by atoms with Crippen LogP contribution in [-0.2, 0) is 11.2 Å². The number of nitriles is 1. The molecule has 0 bridgehead atoms. The van der Waals surface area contributed by atoms with E-state index in [2.05, 4.69) is 10.2 Å². The minimum absolute atomic E-state index is 0.00475. The van der Waals surface area contributed by atoms with Crippen LogP contribution in [0.25, 0.3) is 6.08 Å². The Morgan fingerprint density at radius 1 is 1.36 bits per heavy atom. The Balaban J connectivity index is 1.79. The van der Waals surface area contributed by atoms with E-state index in [9.17, 15) is 4.79 Å². The quantitative estimate of drug-likeness (QED) is 0.810. The SMILES string of the molecule is CCc1nnc([C@H]2C(=N)S/C(=C\c3ccc(OCC#N)cc3)C2=O)s1. The van der Waals surface area contributed by atoms with Crippen LogP contribution in [0.15, 0.2) is 29.2 Å². The van der Waals surface area contributed by atoms with Crippen LogP contribution in [0.4, 0.5) is 0 Å². The number of allylic oxidation sites excluding steroid dienone is 1. The number of thioether (sulfide) groups is 1. The van der Waals surface area contributed by atoms with Gasteiger partial charge in [-0.05, 0) is 30.2 Å². The number of nitrogens with zero attached hydrogens (tertiary/aromatic N) is 3. The van der Waals surface area contributed by atoms with E-state index in [1.165, 1.54) is 23.1 Å². The lowest BCUT2D eigenvalue weighted by Gasteiger charge is -2.02. The first kappa shape index (κ1) is 17.3. The van der Waals surface area contributed by atoms with Crippen LogP contribution in [0, 0.1) is 16.7 Å². The fraction of sp³-hybridized carbons (Fsp3) is 0.235. The highest BCUT2D eigenvalue weighted by molar-refractivity contribution is 8.19. The van der Waals surface area contributed by atoms with Gasteiger partial charge in [0.05, 0.1) is 9.95 Å². The van der Waals surface area contributed by atoms with Gasteiger partial charge in [-0.3, -0.25) is 10.2 Å². The molecule has 6 nitrogen and oxygen atoms in total. The maximum atomic E-state index is 12.7. The Hall–Kier alpha value is -2.50. The van der Waals surface area contributed by atoms with E-state index in [-0.39, 0.29) is 17.4 Å². The van der Waals surface area contributed by atoms with Gasteiger partial charge in [0.1, 0.15) is 27.8 Å². The molecule has 25 heavy (non-hydrogen) atoms. The molecule has 0 amide bonds. The smallest absolute Gasteiger partial charge is 0.186 e. The van der Waals surface area contributed by atoms with Gasteiger partial charge < -0.3 is 4.74 Å². The van der Waals surface area contributed by atoms with Gasteiger partial charge in [-0.25, -0.2) is 0 Å². The summed E-state index contributed by atoms with van der Waals surface area (Å²) >= 11 is 2.55. The molecular formula is C17H14N4O2S2. The number of carbonyl (C=O) groups excluding carboxylic acids is 1. The van der Waals surface area contributed by atoms with Crippen molar-refractivity contribution in [2.24, 2.45) is 0 Å². The third-order valence-corrected chi connectivity index (χ3v) is 5.63. The van der Waals surface area contributed by atoms with Crippen molar-refractivity contribution < 1.29 is 9.53 Å². The van der Waals surface area contributed by atoms with Crippen LogP contribution in [0.5, 0.6) is 5.75 Å². The van der Waals surface area contributed by atoms with Crippen molar-refractivity contribution in [2.75, 3.05) is 6.61 Å². The summed E-state index contributed by atoms with van der Waals surface area (Å²) in [5.41, 5.74) is 0.833. The summed E-state index contributed by atoms with van der Waals surface area (Å²) in [6.07, 6.45) is 2.53. The molecular weight excluding hydrogens is 356 g/mol. The molecule has 0 radical (unpaired) electrons. The van der Waals surface area contributed by atoms with Crippen molar-refractivity contribution in [3.63, 3.8) is 0 Å². The maximum Gasteiger partial charge on any atom is 0.186 e. The second-order valence-corrected chi connectivity index (χ2v) is 7.35. The van der Waals surface area contributed by atoms with Crippen molar-refractivity contribution >= 4 is 40.0 Å². The molecule has 1 aromatic heterocycles. The van der Waals surface area contributed by atoms with E-state index >= 15 is 0 Å². The summed E-state index contributed by atoms with van der Waals surface area (Å²) in [4.78, 5) is 13.2. The summed E-state index contributed by atoms with van der Waals surface area (Å²) in [6, 6.07) is 9.02. The van der Waals surface area contributed by atoms with Gasteiger partial charge >= 0.3 is 0 Å². The van der Waals surface area contributed by atoms with Gasteiger partial charge in [-0.1, -0.05) is 30.8 Å². The number of aromatic nitrogens is 2. The molecule has 0 saturated carbocycles. The lowest BCUT2D eigenvalue weighted by Crippen LogP contribution is -2.11. The normalized spacial score (nSPS) is 18.6. The second-order valence-electron chi connectivity index (χ2n) is 5.18. The number of carbonyl (C=O) groups is 1. The van der Waals surface area contributed by atoms with E-state index in [1.807, 2.05) is 25.1 Å². The summed E-state index contributed by atoms with van der Waals surface area (Å²) in [7, 11) is 0. The zero-order chi connectivity index (χ0) is 17.8. The predicted molar refractivity (Wildman–Crippen MR) is 97.9 cm³/mol. The summed E-state index contributed by atoms with van der Waals surface area (Å²) in [6.45, 7) is 1.98. The van der Waals surface area contributed by atoms with E-state index < -0.39 is 5.92 Å². The number of rotatable bonds is 5. The maximum absolute atomic E-state index is 12.7. The van der Waals surface area contributed by atoms with Gasteiger partial charge in [-0.2, -0.15) is 5.26 Å². The number of aryl methyl sites for hydroxylation is 1. The van der Waals surface area contributed by atoms with Gasteiger partial charge in [0.2, 0.25) is 0 Å². The molecule has 2 aromatic rings. The monoisotopic (exact) mass is 370 g/mol. The van der Waals surface area contributed by atoms with Crippen LogP contribution < -0.4 is 4.74 Å². The molecule has 1 aliphatic rings. The average molecular weight is 370 g/mol. The second kappa shape index (κ2) is 7.59. The molecule has 3 rings (SSSR count). The lowest BCUT2D eigenvalue weighted by molar-refractivity contribution is -0.114. The van der Waals surface area contributed by atoms with Crippen molar-refractivity contribution in [3.8, 4) is 11.8 Å². The van der Waals surface area contributed by atoms with E-state index in [0.29, 0.717) is 15.7 Å². The van der Waals surface area contributed by atoms with Gasteiger partial charge in [0.15, 0.2) is 12.4 Å². The number of hydrogen-bond acceptors (Lipinski definition) is 8. The largest absolute Gasteiger partial charge is 0.479 e. The molecule has 2 heterocycles. The van der Waals surface area contributed by atoms with Crippen molar-refractivity contribution in [3.05, 3.63) is 44.7 Å². The number of Topliss-reactive ketones (excluding diaryl/α,β-unsaturated/α-hetero) is 1. The Morgan fingerprint density at radius 2 is 2.12 bits per heavy atom. The molecule has 0 unspecified atom stereocenters. The highest BCUT2D eigenvalue weighted by Crippen LogP contribution is 2.41. The number of ether oxygens (including phenoxy) is 1. The molecule has 1 fully saturated rings. The minimum atomic E-state index is -0.632. The minimum Gasteiger partial charge on any atom is -0.479 e. The Morgan fingerprint density at radius 3 is 2.76 bits per heavy atom. The van der Waals surface area contributed by atoms with E-state index in [0.717, 1.165) is 17.0 Å². The van der Waals surface area contributed by atoms with Crippen LogP contribution in [0.1, 0.15) is 28.4 Å². The summed E-state index contributed by atoms with van der Waals surface area (Å²) in [5.74, 6) is -0.147. The highest BCUT2D eigenvalue weighted by atomic mass is 32.2. The van der Waals surface area contributed by atoms with Crippen LogP contribution >= 0.6 is 23.1 Å². The van der Waals surface area contributed by atoms with Gasteiger partial charge in [0, 0.05) is 0 Å². The Labute approximate surface area is 153 Å². The van der Waals surface area contributed by atoms with Crippen molar-refractivity contribution in [1.29, 1.82) is 10.7 Å². The topological polar surface area (TPSA) is 99.7 Å². The standard InChI is InChI=1S/C17H14N4O2S2/c1-2-13-20-21-17(25-13)14-15(22)12(24-16(14)19)9-10-3-5-11(6-4-10)23-8-7-18/h3-6,9,14,19H,2,8H2,1H3/b12-9-,19-16?/t14-/m1/s1. The molecule has 0 spiro atoms. The molecule has 8 heteroatoms. The highest BCUT2D eigenvalue weighted by Gasteiger charge is 2.39. The van der Waals surface area contributed by atoms with Crippen LogP contribution in [0.2, 0.25) is 0 Å². The zero-order valence-electron chi connectivity index (χ0n) is 13.4. The van der Waals surface area contributed by atoms with Crippen molar-refractivity contribution in [1.82, 2.24) is 10.2 Å². The van der Waals surface area contributed by atoms with Crippen LogP contribution in [-0.4, -0.2) is 27.6 Å². The summed E-state index contributed by atoms with van der Waals surface area (Å²) < 4.78 is 5.20. The van der Waals surface area contributed by atoms with Crippen molar-refractivity contribution in [2.45, 2.75) is 19.3 Å². The third kappa shape index (κ3) is 3.78. The van der Waals surface area contributed by atoms with Gasteiger partial charge in [-0.15, -0.1) is 21.5 Å². The van der Waals surface area contributed by atoms with E-state index in [1.54, 1.807) is 18.2 Å². The molecule has 1 saturated heterocycles. The molecule has 1 aromatic carbocycles. The zero-order valence-corrected chi connectivity index (χ0v) is 15.0. The number of benzene rings is 1. The molecule has 1 aliphatic heterocycles. The molecule has 1 atom stereocenters. The molecule has 1 N–H and O–H groups in total. The van der Waals surface area contributed by atoms with E-state index in [4.69, 9.17) is 15.4 Å². The molecule has 0 aliphatic carbocycles.